The number of hydrogen-bond donors (Lipinski definition) is 4. The Balaban J connectivity index is 2.32. The van der Waals surface area contributed by atoms with Crippen LogP contribution in [0.1, 0.15) is 12.8 Å². The van der Waals surface area contributed by atoms with E-state index in [4.69, 9.17) is 14.5 Å². The maximum atomic E-state index is 12.0. The van der Waals surface area contributed by atoms with E-state index in [0.717, 1.165) is 10.6 Å². The van der Waals surface area contributed by atoms with Crippen LogP contribution in [0.4, 0.5) is 0 Å². The maximum Gasteiger partial charge on any atom is 0.469 e. The molecule has 128 valence electrons. The highest BCUT2D eigenvalue weighted by molar-refractivity contribution is 7.46. The number of nitrogens with zero attached hydrogens (tertiary/aromatic N) is 1. The molecule has 11 heteroatoms. The second-order valence-corrected chi connectivity index (χ2v) is 6.37. The third-order valence-corrected chi connectivity index (χ3v) is 3.95. The lowest BCUT2D eigenvalue weighted by Crippen LogP contribution is -2.44. The Hall–Kier alpha value is -1.55. The molecule has 2 rings (SSSR count). The fourth-order valence-electron chi connectivity index (χ4n) is 2.53. The Morgan fingerprint density at radius 3 is 2.83 bits per heavy atom. The second kappa shape index (κ2) is 6.52. The van der Waals surface area contributed by atoms with Crippen molar-refractivity contribution in [3.63, 3.8) is 0 Å². The van der Waals surface area contributed by atoms with Crippen molar-refractivity contribution in [1.82, 2.24) is 9.55 Å². The highest BCUT2D eigenvalue weighted by Gasteiger charge is 2.47. The Bertz CT molecular complexity index is 737. The van der Waals surface area contributed by atoms with Gasteiger partial charge in [0, 0.05) is 25.1 Å². The molecule has 23 heavy (non-hydrogen) atoms. The Morgan fingerprint density at radius 2 is 2.26 bits per heavy atom. The molecule has 1 aliphatic heterocycles. The molecule has 0 unspecified atom stereocenters. The molecule has 1 aromatic rings. The summed E-state index contributed by atoms with van der Waals surface area (Å²) in [5.74, 6) is 0. The van der Waals surface area contributed by atoms with Crippen LogP contribution in [-0.2, 0) is 19.6 Å². The maximum absolute atomic E-state index is 12.0. The third-order valence-electron chi connectivity index (χ3n) is 3.46. The number of phosphoric acid groups is 1. The minimum Gasteiger partial charge on any atom is -0.390 e. The molecule has 1 saturated heterocycles. The fourth-order valence-corrected chi connectivity index (χ4v) is 2.87. The molecule has 4 N–H and O–H groups in total. The largest absolute Gasteiger partial charge is 0.469 e. The van der Waals surface area contributed by atoms with Gasteiger partial charge >= 0.3 is 13.5 Å². The zero-order valence-corrected chi connectivity index (χ0v) is 12.9. The smallest absolute Gasteiger partial charge is 0.390 e. The van der Waals surface area contributed by atoms with Crippen LogP contribution in [0.25, 0.3) is 0 Å². The molecule has 1 aliphatic rings. The van der Waals surface area contributed by atoms with Gasteiger partial charge in [-0.25, -0.2) is 9.36 Å². The zero-order chi connectivity index (χ0) is 17.3. The summed E-state index contributed by atoms with van der Waals surface area (Å²) >= 11 is 0. The normalized spacial score (nSPS) is 28.0. The van der Waals surface area contributed by atoms with Gasteiger partial charge in [0.2, 0.25) is 0 Å². The summed E-state index contributed by atoms with van der Waals surface area (Å²) in [6.07, 6.45) is 0.601. The average Bonchev–Trinajstić information content (AvgIpc) is 2.73. The van der Waals surface area contributed by atoms with Crippen LogP contribution in [0.3, 0.4) is 0 Å². The minimum absolute atomic E-state index is 0.0415. The Morgan fingerprint density at radius 1 is 1.57 bits per heavy atom. The molecule has 0 radical (unpaired) electrons. The molecule has 10 nitrogen and oxygen atoms in total. The van der Waals surface area contributed by atoms with Crippen molar-refractivity contribution in [1.29, 1.82) is 0 Å². The van der Waals surface area contributed by atoms with Gasteiger partial charge in [-0.05, 0) is 0 Å². The standard InChI is InChI=1S/C12H17N2O8P/c1-2-4-12(14-5-3-10(16)13-11(14)17)6-8(15)9(22-12)7-21-23(18,19)20/h2-3,5,8-9,15H,1,4,6-7H2,(H,13,16,17)(H2,18,19,20)/t8-,9+,12+/m0/s1. The lowest BCUT2D eigenvalue weighted by atomic mass is 10.0. The molecule has 1 aromatic heterocycles. The van der Waals surface area contributed by atoms with Crippen molar-refractivity contribution in [2.24, 2.45) is 0 Å². The number of aromatic amines is 1. The van der Waals surface area contributed by atoms with Crippen LogP contribution in [0.2, 0.25) is 0 Å². The molecular formula is C12H17N2O8P. The molecular weight excluding hydrogens is 331 g/mol. The first kappa shape index (κ1) is 17.8. The average molecular weight is 348 g/mol. The lowest BCUT2D eigenvalue weighted by Gasteiger charge is -2.30. The first-order valence-corrected chi connectivity index (χ1v) is 8.19. The highest BCUT2D eigenvalue weighted by atomic mass is 31.2. The second-order valence-electron chi connectivity index (χ2n) is 5.13. The fraction of sp³-hybridized carbons (Fsp3) is 0.500. The summed E-state index contributed by atoms with van der Waals surface area (Å²) in [5, 5.41) is 10.1. The van der Waals surface area contributed by atoms with Crippen LogP contribution in [-0.4, -0.2) is 43.3 Å². The lowest BCUT2D eigenvalue weighted by molar-refractivity contribution is -0.116. The molecule has 0 bridgehead atoms. The quantitative estimate of drug-likeness (QED) is 0.378. The van der Waals surface area contributed by atoms with Gasteiger partial charge in [-0.2, -0.15) is 0 Å². The summed E-state index contributed by atoms with van der Waals surface area (Å²) in [6, 6.07) is 1.13. The predicted molar refractivity (Wildman–Crippen MR) is 77.6 cm³/mol. The van der Waals surface area contributed by atoms with E-state index in [2.05, 4.69) is 16.1 Å². The van der Waals surface area contributed by atoms with E-state index < -0.39 is 43.6 Å². The molecule has 0 aliphatic carbocycles. The molecule has 0 spiro atoms. The van der Waals surface area contributed by atoms with Crippen LogP contribution < -0.4 is 11.2 Å². The van der Waals surface area contributed by atoms with Crippen LogP contribution >= 0.6 is 7.82 Å². The first-order valence-electron chi connectivity index (χ1n) is 6.66. The number of aliphatic hydroxyl groups is 1. The predicted octanol–water partition coefficient (Wildman–Crippen LogP) is -0.975. The molecule has 3 atom stereocenters. The van der Waals surface area contributed by atoms with Gasteiger partial charge in [0.15, 0.2) is 5.72 Å². The van der Waals surface area contributed by atoms with Gasteiger partial charge in [0.05, 0.1) is 12.7 Å². The van der Waals surface area contributed by atoms with E-state index in [1.807, 2.05) is 0 Å². The van der Waals surface area contributed by atoms with Crippen molar-refractivity contribution in [2.75, 3.05) is 6.61 Å². The number of rotatable bonds is 6. The number of hydrogen-bond acceptors (Lipinski definition) is 6. The number of phosphoric ester groups is 1. The van der Waals surface area contributed by atoms with E-state index in [9.17, 15) is 19.3 Å². The van der Waals surface area contributed by atoms with Crippen molar-refractivity contribution < 1.29 is 28.7 Å². The summed E-state index contributed by atoms with van der Waals surface area (Å²) in [6.45, 7) is 3.02. The third kappa shape index (κ3) is 4.05. The highest BCUT2D eigenvalue weighted by Crippen LogP contribution is 2.41. The molecule has 1 fully saturated rings. The SMILES string of the molecule is C=CC[C@]1(n2ccc(=O)[nH]c2=O)C[C@H](O)[C@@H](COP(=O)(O)O)O1. The first-order chi connectivity index (χ1) is 10.7. The van der Waals surface area contributed by atoms with Gasteiger partial charge in [0.25, 0.3) is 5.56 Å². The van der Waals surface area contributed by atoms with Crippen molar-refractivity contribution in [3.8, 4) is 0 Å². The van der Waals surface area contributed by atoms with E-state index in [1.165, 1.54) is 12.3 Å². The van der Waals surface area contributed by atoms with E-state index in [1.54, 1.807) is 0 Å². The van der Waals surface area contributed by atoms with E-state index >= 15 is 0 Å². The molecule has 0 aromatic carbocycles. The van der Waals surface area contributed by atoms with Crippen LogP contribution in [0, 0.1) is 0 Å². The van der Waals surface area contributed by atoms with Crippen LogP contribution in [0.5, 0.6) is 0 Å². The van der Waals surface area contributed by atoms with E-state index in [-0.39, 0.29) is 12.8 Å². The van der Waals surface area contributed by atoms with Gasteiger partial charge in [-0.1, -0.05) is 6.08 Å². The number of aliphatic hydroxyl groups excluding tert-OH is 1. The summed E-state index contributed by atoms with van der Waals surface area (Å²) in [7, 11) is -4.72. The number of nitrogens with one attached hydrogen (secondary N) is 1. The topological polar surface area (TPSA) is 151 Å². The van der Waals surface area contributed by atoms with Gasteiger partial charge in [0.1, 0.15) is 6.10 Å². The van der Waals surface area contributed by atoms with Gasteiger partial charge in [-0.3, -0.25) is 18.9 Å². The Kier molecular flexibility index (Phi) is 5.04. The number of H-pyrrole nitrogens is 1. The zero-order valence-electron chi connectivity index (χ0n) is 12.0. The van der Waals surface area contributed by atoms with Crippen molar-refractivity contribution >= 4 is 7.82 Å². The molecule has 0 saturated carbocycles. The van der Waals surface area contributed by atoms with Crippen molar-refractivity contribution in [3.05, 3.63) is 45.8 Å². The summed E-state index contributed by atoms with van der Waals surface area (Å²) < 4.78 is 21.9. The van der Waals surface area contributed by atoms with Gasteiger partial charge < -0.3 is 19.6 Å². The van der Waals surface area contributed by atoms with Crippen molar-refractivity contribution in [2.45, 2.75) is 30.8 Å². The number of ether oxygens (including phenoxy) is 1. The molecule has 0 amide bonds. The Labute approximate surface area is 130 Å². The monoisotopic (exact) mass is 348 g/mol. The minimum atomic E-state index is -4.72. The number of aromatic nitrogens is 2. The summed E-state index contributed by atoms with van der Waals surface area (Å²) in [4.78, 5) is 42.7. The molecule has 2 heterocycles. The van der Waals surface area contributed by atoms with Crippen LogP contribution in [0.15, 0.2) is 34.5 Å². The van der Waals surface area contributed by atoms with E-state index in [0.29, 0.717) is 0 Å². The summed E-state index contributed by atoms with van der Waals surface area (Å²) in [5.41, 5.74) is -2.64. The van der Waals surface area contributed by atoms with Gasteiger partial charge in [-0.15, -0.1) is 6.58 Å².